The molecule has 0 aromatic heterocycles. The van der Waals surface area contributed by atoms with Crippen LogP contribution in [-0.4, -0.2) is 24.7 Å². The number of nitrogens with one attached hydrogen (secondary N) is 1. The van der Waals surface area contributed by atoms with Gasteiger partial charge in [-0.15, -0.1) is 0 Å². The molecular formula is C14H20N2OS. The lowest BCUT2D eigenvalue weighted by Crippen LogP contribution is -2.18. The van der Waals surface area contributed by atoms with E-state index in [9.17, 15) is 0 Å². The van der Waals surface area contributed by atoms with Gasteiger partial charge in [0, 0.05) is 17.4 Å². The van der Waals surface area contributed by atoms with Gasteiger partial charge >= 0.3 is 0 Å². The zero-order valence-electron chi connectivity index (χ0n) is 11.0. The highest BCUT2D eigenvalue weighted by molar-refractivity contribution is 7.99. The molecule has 98 valence electrons. The maximum Gasteiger partial charge on any atom is 0.174 e. The van der Waals surface area contributed by atoms with E-state index in [2.05, 4.69) is 18.5 Å². The quantitative estimate of drug-likeness (QED) is 0.733. The standard InChI is InChI=1S/C14H20N2OS/c1-12(18-2)7-9-16-11-13-5-3-4-6-14(13)17-10-8-15/h3-6,12,16H,7,9-11H2,1-2H3. The molecule has 0 fully saturated rings. The largest absolute Gasteiger partial charge is 0.478 e. The Bertz CT molecular complexity index is 390. The minimum atomic E-state index is 0.0977. The second kappa shape index (κ2) is 8.84. The van der Waals surface area contributed by atoms with Crippen LogP contribution in [0.3, 0.4) is 0 Å². The Morgan fingerprint density at radius 1 is 1.44 bits per heavy atom. The number of thioether (sulfide) groups is 1. The van der Waals surface area contributed by atoms with Gasteiger partial charge in [-0.05, 0) is 25.3 Å². The van der Waals surface area contributed by atoms with E-state index in [1.165, 1.54) is 0 Å². The van der Waals surface area contributed by atoms with Crippen LogP contribution in [-0.2, 0) is 6.54 Å². The molecule has 4 heteroatoms. The summed E-state index contributed by atoms with van der Waals surface area (Å²) in [6.07, 6.45) is 3.29. The molecule has 0 aliphatic heterocycles. The molecule has 3 nitrogen and oxygen atoms in total. The Morgan fingerprint density at radius 2 is 2.22 bits per heavy atom. The van der Waals surface area contributed by atoms with E-state index in [-0.39, 0.29) is 6.61 Å². The van der Waals surface area contributed by atoms with Crippen molar-refractivity contribution in [1.29, 1.82) is 5.26 Å². The zero-order valence-corrected chi connectivity index (χ0v) is 11.8. The molecule has 0 amide bonds. The summed E-state index contributed by atoms with van der Waals surface area (Å²) in [5.41, 5.74) is 1.10. The molecule has 0 aliphatic rings. The van der Waals surface area contributed by atoms with Crippen molar-refractivity contribution in [2.45, 2.75) is 25.1 Å². The monoisotopic (exact) mass is 264 g/mol. The van der Waals surface area contributed by atoms with Crippen LogP contribution in [0.5, 0.6) is 5.75 Å². The lowest BCUT2D eigenvalue weighted by Gasteiger charge is -2.11. The lowest BCUT2D eigenvalue weighted by atomic mass is 10.2. The first-order valence-electron chi connectivity index (χ1n) is 6.09. The molecule has 1 N–H and O–H groups in total. The van der Waals surface area contributed by atoms with Gasteiger partial charge in [0.15, 0.2) is 6.61 Å². The second-order valence-electron chi connectivity index (χ2n) is 4.07. The molecule has 1 atom stereocenters. The smallest absolute Gasteiger partial charge is 0.174 e. The number of hydrogen-bond donors (Lipinski definition) is 1. The van der Waals surface area contributed by atoms with E-state index >= 15 is 0 Å². The maximum absolute atomic E-state index is 8.53. The van der Waals surface area contributed by atoms with Gasteiger partial charge in [-0.1, -0.05) is 25.1 Å². The van der Waals surface area contributed by atoms with Crippen LogP contribution in [0.15, 0.2) is 24.3 Å². The first kappa shape index (κ1) is 14.9. The van der Waals surface area contributed by atoms with Gasteiger partial charge in [0.2, 0.25) is 0 Å². The fourth-order valence-corrected chi connectivity index (χ4v) is 1.90. The Hall–Kier alpha value is -1.18. The predicted molar refractivity (Wildman–Crippen MR) is 76.9 cm³/mol. The van der Waals surface area contributed by atoms with Crippen molar-refractivity contribution in [3.05, 3.63) is 29.8 Å². The van der Waals surface area contributed by atoms with E-state index in [1.807, 2.05) is 42.1 Å². The summed E-state index contributed by atoms with van der Waals surface area (Å²) in [5, 5.41) is 12.6. The van der Waals surface area contributed by atoms with Crippen molar-refractivity contribution in [3.63, 3.8) is 0 Å². The molecule has 18 heavy (non-hydrogen) atoms. The molecule has 0 saturated carbocycles. The third kappa shape index (κ3) is 5.44. The molecule has 0 bridgehead atoms. The van der Waals surface area contributed by atoms with E-state index in [0.717, 1.165) is 30.8 Å². The number of rotatable bonds is 8. The van der Waals surface area contributed by atoms with Crippen molar-refractivity contribution in [2.75, 3.05) is 19.4 Å². The van der Waals surface area contributed by atoms with Crippen LogP contribution in [0.4, 0.5) is 0 Å². The summed E-state index contributed by atoms with van der Waals surface area (Å²) in [7, 11) is 0. The molecule has 1 unspecified atom stereocenters. The van der Waals surface area contributed by atoms with Gasteiger partial charge in [-0.2, -0.15) is 17.0 Å². The van der Waals surface area contributed by atoms with Crippen LogP contribution < -0.4 is 10.1 Å². The van der Waals surface area contributed by atoms with Crippen molar-refractivity contribution in [2.24, 2.45) is 0 Å². The number of nitrogens with zero attached hydrogens (tertiary/aromatic N) is 1. The topological polar surface area (TPSA) is 45.0 Å². The van der Waals surface area contributed by atoms with Crippen molar-refractivity contribution in [3.8, 4) is 11.8 Å². The number of ether oxygens (including phenoxy) is 1. The number of benzene rings is 1. The second-order valence-corrected chi connectivity index (χ2v) is 5.34. The van der Waals surface area contributed by atoms with Crippen molar-refractivity contribution >= 4 is 11.8 Å². The summed E-state index contributed by atoms with van der Waals surface area (Å²) in [5.74, 6) is 0.796. The molecule has 0 spiro atoms. The minimum Gasteiger partial charge on any atom is -0.478 e. The Kier molecular flexibility index (Phi) is 7.31. The molecule has 0 saturated heterocycles. The molecule has 0 aliphatic carbocycles. The van der Waals surface area contributed by atoms with Gasteiger partial charge in [0.25, 0.3) is 0 Å². The Morgan fingerprint density at radius 3 is 2.94 bits per heavy atom. The summed E-state index contributed by atoms with van der Waals surface area (Å²) in [6, 6.07) is 9.82. The van der Waals surface area contributed by atoms with Crippen molar-refractivity contribution < 1.29 is 4.74 Å². The minimum absolute atomic E-state index is 0.0977. The Labute approximate surface area is 114 Å². The maximum atomic E-state index is 8.53. The molecule has 1 rings (SSSR count). The fraction of sp³-hybridized carbons (Fsp3) is 0.500. The average molecular weight is 264 g/mol. The molecule has 0 heterocycles. The summed E-state index contributed by atoms with van der Waals surface area (Å²) in [6.45, 7) is 4.11. The van der Waals surface area contributed by atoms with Crippen LogP contribution in [0.1, 0.15) is 18.9 Å². The SMILES string of the molecule is CSC(C)CCNCc1ccccc1OCC#N. The number of para-hydroxylation sites is 1. The zero-order chi connectivity index (χ0) is 13.2. The fourth-order valence-electron chi connectivity index (χ4n) is 1.55. The highest BCUT2D eigenvalue weighted by Crippen LogP contribution is 2.17. The van der Waals surface area contributed by atoms with Crippen LogP contribution in [0.2, 0.25) is 0 Å². The van der Waals surface area contributed by atoms with Crippen LogP contribution >= 0.6 is 11.8 Å². The predicted octanol–water partition coefficient (Wildman–Crippen LogP) is 2.82. The van der Waals surface area contributed by atoms with E-state index < -0.39 is 0 Å². The highest BCUT2D eigenvalue weighted by atomic mass is 32.2. The van der Waals surface area contributed by atoms with Gasteiger partial charge in [-0.3, -0.25) is 0 Å². The first-order valence-corrected chi connectivity index (χ1v) is 7.38. The first-order chi connectivity index (χ1) is 8.77. The number of hydrogen-bond acceptors (Lipinski definition) is 4. The van der Waals surface area contributed by atoms with E-state index in [0.29, 0.717) is 5.25 Å². The third-order valence-corrected chi connectivity index (χ3v) is 3.75. The molecular weight excluding hydrogens is 244 g/mol. The van der Waals surface area contributed by atoms with E-state index in [1.54, 1.807) is 0 Å². The molecule has 0 radical (unpaired) electrons. The van der Waals surface area contributed by atoms with Gasteiger partial charge < -0.3 is 10.1 Å². The van der Waals surface area contributed by atoms with Crippen LogP contribution in [0, 0.1) is 11.3 Å². The Balaban J connectivity index is 2.39. The molecule has 1 aromatic rings. The van der Waals surface area contributed by atoms with Crippen LogP contribution in [0.25, 0.3) is 0 Å². The molecule has 1 aromatic carbocycles. The average Bonchev–Trinajstić information content (AvgIpc) is 2.42. The lowest BCUT2D eigenvalue weighted by molar-refractivity contribution is 0.362. The van der Waals surface area contributed by atoms with E-state index in [4.69, 9.17) is 10.00 Å². The third-order valence-electron chi connectivity index (χ3n) is 2.71. The normalized spacial score (nSPS) is 11.8. The summed E-state index contributed by atoms with van der Waals surface area (Å²) < 4.78 is 5.38. The highest BCUT2D eigenvalue weighted by Gasteiger charge is 2.03. The van der Waals surface area contributed by atoms with Gasteiger partial charge in [0.05, 0.1) is 0 Å². The van der Waals surface area contributed by atoms with Gasteiger partial charge in [-0.25, -0.2) is 0 Å². The number of nitriles is 1. The van der Waals surface area contributed by atoms with Gasteiger partial charge in [0.1, 0.15) is 11.8 Å². The van der Waals surface area contributed by atoms with Crippen molar-refractivity contribution in [1.82, 2.24) is 5.32 Å². The summed E-state index contributed by atoms with van der Waals surface area (Å²) in [4.78, 5) is 0. The summed E-state index contributed by atoms with van der Waals surface area (Å²) >= 11 is 1.88.